The Bertz CT molecular complexity index is 796. The molecule has 0 aliphatic carbocycles. The van der Waals surface area contributed by atoms with Gasteiger partial charge in [0.1, 0.15) is 5.75 Å². The van der Waals surface area contributed by atoms with E-state index in [2.05, 4.69) is 15.4 Å². The Labute approximate surface area is 160 Å². The molecule has 0 saturated carbocycles. The Morgan fingerprint density at radius 1 is 1.00 bits per heavy atom. The van der Waals surface area contributed by atoms with Crippen LogP contribution in [0.3, 0.4) is 0 Å². The largest absolute Gasteiger partial charge is 0.573 e. The van der Waals surface area contributed by atoms with E-state index in [1.165, 1.54) is 12.1 Å². The van der Waals surface area contributed by atoms with E-state index >= 15 is 0 Å². The van der Waals surface area contributed by atoms with Crippen LogP contribution >= 0.6 is 0 Å². The number of anilines is 2. The summed E-state index contributed by atoms with van der Waals surface area (Å²) < 4.78 is 40.2. The summed E-state index contributed by atoms with van der Waals surface area (Å²) in [6.45, 7) is 1.58. The number of carbonyl (C=O) groups excluding carboxylic acids is 2. The molecular weight excluding hydrogens is 375 g/mol. The van der Waals surface area contributed by atoms with Gasteiger partial charge in [-0.05, 0) is 50.4 Å². The van der Waals surface area contributed by atoms with Crippen molar-refractivity contribution in [3.8, 4) is 5.75 Å². The average Bonchev–Trinajstić information content (AvgIpc) is 2.62. The zero-order chi connectivity index (χ0) is 20.7. The van der Waals surface area contributed by atoms with Gasteiger partial charge in [-0.25, -0.2) is 0 Å². The number of amides is 2. The first-order chi connectivity index (χ1) is 13.1. The van der Waals surface area contributed by atoms with Gasteiger partial charge < -0.3 is 15.4 Å². The number of rotatable bonds is 7. The number of halogens is 3. The Balaban J connectivity index is 1.85. The van der Waals surface area contributed by atoms with Crippen LogP contribution in [-0.2, 0) is 9.59 Å². The van der Waals surface area contributed by atoms with Crippen LogP contribution in [0.25, 0.3) is 0 Å². The number of hydrogen-bond acceptors (Lipinski definition) is 4. The lowest BCUT2D eigenvalue weighted by molar-refractivity contribution is -0.274. The second-order valence-electron chi connectivity index (χ2n) is 6.07. The van der Waals surface area contributed by atoms with Crippen molar-refractivity contribution < 1.29 is 27.5 Å². The number of ether oxygens (including phenoxy) is 1. The third kappa shape index (κ3) is 6.92. The van der Waals surface area contributed by atoms with Crippen LogP contribution in [-0.4, -0.2) is 42.7 Å². The van der Waals surface area contributed by atoms with Crippen molar-refractivity contribution in [3.05, 3.63) is 54.6 Å². The fourth-order valence-corrected chi connectivity index (χ4v) is 2.27. The molecule has 6 nitrogen and oxygen atoms in total. The van der Waals surface area contributed by atoms with Gasteiger partial charge in [0.15, 0.2) is 0 Å². The van der Waals surface area contributed by atoms with Crippen molar-refractivity contribution in [2.75, 3.05) is 24.2 Å². The number of nitrogens with one attached hydrogen (secondary N) is 2. The predicted molar refractivity (Wildman–Crippen MR) is 98.9 cm³/mol. The van der Waals surface area contributed by atoms with Gasteiger partial charge in [0.2, 0.25) is 11.8 Å². The summed E-state index contributed by atoms with van der Waals surface area (Å²) in [4.78, 5) is 25.9. The van der Waals surface area contributed by atoms with Crippen LogP contribution < -0.4 is 15.4 Å². The number of para-hydroxylation sites is 1. The van der Waals surface area contributed by atoms with Gasteiger partial charge in [-0.3, -0.25) is 14.5 Å². The number of hydrogen-bond donors (Lipinski definition) is 2. The molecule has 0 aliphatic heterocycles. The molecule has 0 bridgehead atoms. The molecule has 0 saturated heterocycles. The van der Waals surface area contributed by atoms with E-state index in [0.717, 1.165) is 12.1 Å². The van der Waals surface area contributed by atoms with E-state index in [9.17, 15) is 22.8 Å². The lowest BCUT2D eigenvalue weighted by Gasteiger charge is -2.23. The molecule has 0 aromatic heterocycles. The van der Waals surface area contributed by atoms with Gasteiger partial charge in [-0.15, -0.1) is 13.2 Å². The zero-order valence-corrected chi connectivity index (χ0v) is 15.3. The quantitative estimate of drug-likeness (QED) is 0.753. The van der Waals surface area contributed by atoms with Gasteiger partial charge in [-0.1, -0.05) is 18.2 Å². The highest BCUT2D eigenvalue weighted by molar-refractivity contribution is 5.96. The Hall–Kier alpha value is -3.07. The molecule has 2 aromatic carbocycles. The summed E-state index contributed by atoms with van der Waals surface area (Å²) in [6.07, 6.45) is -4.77. The normalized spacial score (nSPS) is 12.4. The highest BCUT2D eigenvalue weighted by Gasteiger charge is 2.31. The highest BCUT2D eigenvalue weighted by atomic mass is 19.4. The first-order valence-corrected chi connectivity index (χ1v) is 8.36. The van der Waals surface area contributed by atoms with Crippen molar-refractivity contribution in [2.45, 2.75) is 19.3 Å². The summed E-state index contributed by atoms with van der Waals surface area (Å²) in [5.41, 5.74) is 0.965. The van der Waals surface area contributed by atoms with Crippen LogP contribution in [0.15, 0.2) is 54.6 Å². The molecule has 0 heterocycles. The molecule has 2 rings (SSSR count). The van der Waals surface area contributed by atoms with E-state index in [1.807, 2.05) is 6.07 Å². The lowest BCUT2D eigenvalue weighted by Crippen LogP contribution is -2.43. The summed E-state index contributed by atoms with van der Waals surface area (Å²) >= 11 is 0. The molecule has 0 unspecified atom stereocenters. The monoisotopic (exact) mass is 395 g/mol. The maximum Gasteiger partial charge on any atom is 0.573 e. The second-order valence-corrected chi connectivity index (χ2v) is 6.07. The van der Waals surface area contributed by atoms with Crippen LogP contribution in [0.4, 0.5) is 24.5 Å². The number of benzene rings is 2. The van der Waals surface area contributed by atoms with Gasteiger partial charge in [-0.2, -0.15) is 0 Å². The van der Waals surface area contributed by atoms with Crippen LogP contribution in [0.1, 0.15) is 6.92 Å². The fraction of sp³-hybridized carbons (Fsp3) is 0.263. The van der Waals surface area contributed by atoms with E-state index in [1.54, 1.807) is 43.1 Å². The predicted octanol–water partition coefficient (Wildman–Crippen LogP) is 3.48. The maximum absolute atomic E-state index is 12.3. The molecule has 2 aromatic rings. The van der Waals surface area contributed by atoms with Crippen LogP contribution in [0.2, 0.25) is 0 Å². The maximum atomic E-state index is 12.3. The molecule has 0 spiro atoms. The summed E-state index contributed by atoms with van der Waals surface area (Å²) in [6, 6.07) is 13.1. The minimum absolute atomic E-state index is 0.0792. The summed E-state index contributed by atoms with van der Waals surface area (Å²) in [5.74, 6) is -1.06. The fourth-order valence-electron chi connectivity index (χ4n) is 2.27. The molecular formula is C19H20F3N3O3. The zero-order valence-electron chi connectivity index (χ0n) is 15.3. The molecule has 150 valence electrons. The number of alkyl halides is 3. The van der Waals surface area contributed by atoms with Crippen molar-refractivity contribution in [2.24, 2.45) is 0 Å². The lowest BCUT2D eigenvalue weighted by atomic mass is 10.2. The minimum atomic E-state index is -4.77. The van der Waals surface area contributed by atoms with Gasteiger partial charge in [0.05, 0.1) is 12.6 Å². The third-order valence-corrected chi connectivity index (χ3v) is 3.85. The molecule has 0 fully saturated rings. The van der Waals surface area contributed by atoms with E-state index in [-0.39, 0.29) is 18.2 Å². The molecule has 2 amide bonds. The molecule has 2 N–H and O–H groups in total. The number of carbonyl (C=O) groups is 2. The van der Waals surface area contributed by atoms with E-state index in [0.29, 0.717) is 11.4 Å². The Kier molecular flexibility index (Phi) is 7.00. The standard InChI is InChI=1S/C19H20F3N3O3/c1-13(18(27)24-14-6-4-3-5-7-14)25(2)12-17(26)23-15-8-10-16(11-9-15)28-19(20,21)22/h3-11,13H,12H2,1-2H3,(H,23,26)(H,24,27)/t13-/m0/s1. The van der Waals surface area contributed by atoms with Gasteiger partial charge in [0, 0.05) is 11.4 Å². The van der Waals surface area contributed by atoms with E-state index in [4.69, 9.17) is 0 Å². The van der Waals surface area contributed by atoms with Crippen LogP contribution in [0.5, 0.6) is 5.75 Å². The van der Waals surface area contributed by atoms with E-state index < -0.39 is 18.3 Å². The third-order valence-electron chi connectivity index (χ3n) is 3.85. The Morgan fingerprint density at radius 2 is 1.57 bits per heavy atom. The van der Waals surface area contributed by atoms with Gasteiger partial charge >= 0.3 is 6.36 Å². The first kappa shape index (κ1) is 21.2. The molecule has 1 atom stereocenters. The van der Waals surface area contributed by atoms with Crippen molar-refractivity contribution >= 4 is 23.2 Å². The second kappa shape index (κ2) is 9.23. The molecule has 28 heavy (non-hydrogen) atoms. The first-order valence-electron chi connectivity index (χ1n) is 8.36. The molecule has 0 radical (unpaired) electrons. The molecule has 0 aliphatic rings. The van der Waals surface area contributed by atoms with Gasteiger partial charge in [0.25, 0.3) is 0 Å². The van der Waals surface area contributed by atoms with Crippen molar-refractivity contribution in [1.29, 1.82) is 0 Å². The number of likely N-dealkylation sites (N-methyl/N-ethyl adjacent to an activating group) is 1. The van der Waals surface area contributed by atoms with Crippen molar-refractivity contribution in [1.82, 2.24) is 4.90 Å². The number of nitrogens with zero attached hydrogens (tertiary/aromatic N) is 1. The summed E-state index contributed by atoms with van der Waals surface area (Å²) in [7, 11) is 1.62. The molecule has 9 heteroatoms. The average molecular weight is 395 g/mol. The van der Waals surface area contributed by atoms with Crippen LogP contribution in [0, 0.1) is 0 Å². The topological polar surface area (TPSA) is 70.7 Å². The van der Waals surface area contributed by atoms with Crippen molar-refractivity contribution in [3.63, 3.8) is 0 Å². The summed E-state index contributed by atoms with van der Waals surface area (Å²) in [5, 5.41) is 5.31. The smallest absolute Gasteiger partial charge is 0.406 e. The Morgan fingerprint density at radius 3 is 2.14 bits per heavy atom. The minimum Gasteiger partial charge on any atom is -0.406 e. The highest BCUT2D eigenvalue weighted by Crippen LogP contribution is 2.23. The SMILES string of the molecule is C[C@@H](C(=O)Nc1ccccc1)N(C)CC(=O)Nc1ccc(OC(F)(F)F)cc1.